The number of aliphatic imine (C=N–C) groups is 1. The number of aryl methyl sites for hydroxylation is 2. The van der Waals surface area contributed by atoms with E-state index in [0.29, 0.717) is 25.4 Å². The van der Waals surface area contributed by atoms with Gasteiger partial charge in [0.15, 0.2) is 5.96 Å². The third-order valence-corrected chi connectivity index (χ3v) is 8.48. The van der Waals surface area contributed by atoms with Gasteiger partial charge in [-0.05, 0) is 72.9 Å². The van der Waals surface area contributed by atoms with E-state index in [1.54, 1.807) is 0 Å². The summed E-state index contributed by atoms with van der Waals surface area (Å²) in [5.74, 6) is 0.801. The maximum absolute atomic E-state index is 13.9. The highest BCUT2D eigenvalue weighted by Gasteiger charge is 2.36. The van der Waals surface area contributed by atoms with Crippen molar-refractivity contribution in [1.82, 2.24) is 9.80 Å². The SMILES string of the molecule is Cc1ccc(C[C@@H](N)CN2C[C@@H](CC(C)C)N(C(=O)Cc3ccc4ccccc4c3)C[C@@H]2CCCN=C(N)N)c(C)c1. The van der Waals surface area contributed by atoms with Crippen molar-refractivity contribution in [3.05, 3.63) is 82.9 Å². The van der Waals surface area contributed by atoms with E-state index in [-0.39, 0.29) is 30.0 Å². The van der Waals surface area contributed by atoms with Gasteiger partial charge in [-0.2, -0.15) is 0 Å². The lowest BCUT2D eigenvalue weighted by Crippen LogP contribution is -2.62. The number of nitrogens with two attached hydrogens (primary N) is 3. The number of carbonyl (C=O) groups excluding carboxylic acids is 1. The predicted octanol–water partition coefficient (Wildman–Crippen LogP) is 4.55. The molecule has 7 heteroatoms. The Kier molecular flexibility index (Phi) is 11.0. The molecule has 3 atom stereocenters. The average molecular weight is 571 g/mol. The molecule has 1 heterocycles. The van der Waals surface area contributed by atoms with Crippen molar-refractivity contribution in [2.75, 3.05) is 26.2 Å². The quantitative estimate of drug-likeness (QED) is 0.168. The zero-order chi connectivity index (χ0) is 30.2. The molecule has 0 saturated carbocycles. The summed E-state index contributed by atoms with van der Waals surface area (Å²) in [5, 5.41) is 2.36. The van der Waals surface area contributed by atoms with Crippen LogP contribution in [0.4, 0.5) is 0 Å². The van der Waals surface area contributed by atoms with Crippen LogP contribution in [-0.4, -0.2) is 66.0 Å². The average Bonchev–Trinajstić information content (AvgIpc) is 2.93. The number of hydrogen-bond acceptors (Lipinski definition) is 4. The molecule has 42 heavy (non-hydrogen) atoms. The van der Waals surface area contributed by atoms with Gasteiger partial charge in [-0.1, -0.05) is 80.1 Å². The molecule has 0 spiro atoms. The van der Waals surface area contributed by atoms with Crippen molar-refractivity contribution in [3.63, 3.8) is 0 Å². The minimum absolute atomic E-state index is 0.00571. The Hall–Kier alpha value is -3.42. The molecule has 0 bridgehead atoms. The van der Waals surface area contributed by atoms with Gasteiger partial charge in [0, 0.05) is 44.3 Å². The van der Waals surface area contributed by atoms with Gasteiger partial charge in [0.25, 0.3) is 0 Å². The molecule has 6 N–H and O–H groups in total. The van der Waals surface area contributed by atoms with Crippen LogP contribution in [-0.2, 0) is 17.6 Å². The first-order valence-electron chi connectivity index (χ1n) is 15.5. The molecule has 1 saturated heterocycles. The van der Waals surface area contributed by atoms with E-state index >= 15 is 0 Å². The van der Waals surface area contributed by atoms with E-state index in [1.165, 1.54) is 27.5 Å². The first kappa shape index (κ1) is 31.5. The van der Waals surface area contributed by atoms with Crippen LogP contribution < -0.4 is 17.2 Å². The normalized spacial score (nSPS) is 18.4. The number of carbonyl (C=O) groups is 1. The fourth-order valence-electron chi connectivity index (χ4n) is 6.44. The number of rotatable bonds is 12. The van der Waals surface area contributed by atoms with E-state index in [1.807, 2.05) is 12.1 Å². The van der Waals surface area contributed by atoms with Crippen molar-refractivity contribution in [2.45, 2.75) is 77.9 Å². The summed E-state index contributed by atoms with van der Waals surface area (Å²) in [4.78, 5) is 22.8. The Balaban J connectivity index is 1.52. The highest BCUT2D eigenvalue weighted by atomic mass is 16.2. The zero-order valence-corrected chi connectivity index (χ0v) is 25.9. The van der Waals surface area contributed by atoms with Gasteiger partial charge in [0.05, 0.1) is 6.42 Å². The van der Waals surface area contributed by atoms with Crippen LogP contribution in [0, 0.1) is 19.8 Å². The van der Waals surface area contributed by atoms with Gasteiger partial charge in [-0.25, -0.2) is 0 Å². The number of hydrogen-bond donors (Lipinski definition) is 3. The fraction of sp³-hybridized carbons (Fsp3) is 0.486. The van der Waals surface area contributed by atoms with Crippen molar-refractivity contribution in [2.24, 2.45) is 28.1 Å². The molecule has 3 aromatic rings. The lowest BCUT2D eigenvalue weighted by atomic mass is 9.93. The molecule has 1 amide bonds. The van der Waals surface area contributed by atoms with Gasteiger partial charge in [-0.3, -0.25) is 14.7 Å². The molecular formula is C35H50N6O. The first-order valence-corrected chi connectivity index (χ1v) is 15.5. The van der Waals surface area contributed by atoms with E-state index in [0.717, 1.165) is 44.3 Å². The third-order valence-electron chi connectivity index (χ3n) is 8.48. The van der Waals surface area contributed by atoms with Gasteiger partial charge in [-0.15, -0.1) is 0 Å². The number of guanidine groups is 1. The second-order valence-electron chi connectivity index (χ2n) is 12.6. The summed E-state index contributed by atoms with van der Waals surface area (Å²) in [7, 11) is 0. The molecule has 226 valence electrons. The number of benzene rings is 3. The summed E-state index contributed by atoms with van der Waals surface area (Å²) in [6.45, 7) is 11.7. The molecule has 0 aliphatic carbocycles. The molecule has 1 fully saturated rings. The molecule has 0 aromatic heterocycles. The number of piperazine rings is 1. The summed E-state index contributed by atoms with van der Waals surface area (Å²) in [6, 6.07) is 21.6. The second-order valence-corrected chi connectivity index (χ2v) is 12.6. The zero-order valence-electron chi connectivity index (χ0n) is 25.9. The van der Waals surface area contributed by atoms with Crippen LogP contribution in [0.25, 0.3) is 10.8 Å². The molecule has 0 unspecified atom stereocenters. The van der Waals surface area contributed by atoms with E-state index in [9.17, 15) is 4.79 Å². The minimum atomic E-state index is 0.00571. The lowest BCUT2D eigenvalue weighted by molar-refractivity contribution is -0.138. The molecule has 1 aliphatic rings. The monoisotopic (exact) mass is 570 g/mol. The highest BCUT2D eigenvalue weighted by molar-refractivity contribution is 5.85. The van der Waals surface area contributed by atoms with Crippen LogP contribution in [0.15, 0.2) is 65.7 Å². The van der Waals surface area contributed by atoms with Crippen molar-refractivity contribution in [1.29, 1.82) is 0 Å². The third kappa shape index (κ3) is 8.79. The molecular weight excluding hydrogens is 520 g/mol. The van der Waals surface area contributed by atoms with E-state index in [2.05, 4.69) is 91.0 Å². The number of nitrogens with zero attached hydrogens (tertiary/aromatic N) is 3. The molecule has 0 radical (unpaired) electrons. The Labute approximate surface area is 252 Å². The Bertz CT molecular complexity index is 1360. The first-order chi connectivity index (χ1) is 20.1. The largest absolute Gasteiger partial charge is 0.370 e. The molecule has 1 aliphatic heterocycles. The molecule has 7 nitrogen and oxygen atoms in total. The van der Waals surface area contributed by atoms with Crippen molar-refractivity contribution >= 4 is 22.6 Å². The lowest BCUT2D eigenvalue weighted by Gasteiger charge is -2.48. The molecule has 4 rings (SSSR count). The maximum atomic E-state index is 13.9. The summed E-state index contributed by atoms with van der Waals surface area (Å²) in [5.41, 5.74) is 22.9. The van der Waals surface area contributed by atoms with Crippen LogP contribution in [0.3, 0.4) is 0 Å². The van der Waals surface area contributed by atoms with Crippen LogP contribution >= 0.6 is 0 Å². The topological polar surface area (TPSA) is 114 Å². The van der Waals surface area contributed by atoms with Crippen molar-refractivity contribution < 1.29 is 4.79 Å². The highest BCUT2D eigenvalue weighted by Crippen LogP contribution is 2.26. The van der Waals surface area contributed by atoms with Gasteiger partial charge >= 0.3 is 0 Å². The van der Waals surface area contributed by atoms with Crippen LogP contribution in [0.2, 0.25) is 0 Å². The smallest absolute Gasteiger partial charge is 0.227 e. The standard InChI is InChI=1S/C35H50N6O/c1-24(2)16-33-22-40(21-31(36)20-29-13-11-25(3)17-26(29)4)32(10-7-15-39-35(37)38)23-41(33)34(42)19-27-12-14-28-8-5-6-9-30(28)18-27/h5-6,8-9,11-14,17-18,24,31-33H,7,10,15-16,19-23,36H2,1-4H3,(H4,37,38,39)/t31-,32+,33-/m1/s1. The maximum Gasteiger partial charge on any atom is 0.227 e. The summed E-state index contributed by atoms with van der Waals surface area (Å²) in [6.07, 6.45) is 3.97. The predicted molar refractivity (Wildman–Crippen MR) is 175 cm³/mol. The second kappa shape index (κ2) is 14.7. The van der Waals surface area contributed by atoms with E-state index < -0.39 is 0 Å². The number of fused-ring (bicyclic) bond motifs is 1. The Morgan fingerprint density at radius 3 is 2.45 bits per heavy atom. The summed E-state index contributed by atoms with van der Waals surface area (Å²) < 4.78 is 0. The van der Waals surface area contributed by atoms with E-state index in [4.69, 9.17) is 17.2 Å². The van der Waals surface area contributed by atoms with Crippen LogP contribution in [0.5, 0.6) is 0 Å². The molecule has 3 aromatic carbocycles. The van der Waals surface area contributed by atoms with Crippen molar-refractivity contribution in [3.8, 4) is 0 Å². The van der Waals surface area contributed by atoms with Gasteiger partial charge < -0.3 is 22.1 Å². The minimum Gasteiger partial charge on any atom is -0.370 e. The Morgan fingerprint density at radius 2 is 1.74 bits per heavy atom. The Morgan fingerprint density at radius 1 is 0.976 bits per heavy atom. The summed E-state index contributed by atoms with van der Waals surface area (Å²) >= 11 is 0. The van der Waals surface area contributed by atoms with Gasteiger partial charge in [0.2, 0.25) is 5.91 Å². The number of amides is 1. The van der Waals surface area contributed by atoms with Crippen LogP contribution in [0.1, 0.15) is 55.4 Å². The fourth-order valence-corrected chi connectivity index (χ4v) is 6.44. The van der Waals surface area contributed by atoms with Gasteiger partial charge in [0.1, 0.15) is 0 Å².